The van der Waals surface area contributed by atoms with Gasteiger partial charge in [-0.15, -0.1) is 0 Å². The number of nitrogens with one attached hydrogen (secondary N) is 2. The second kappa shape index (κ2) is 11.2. The van der Waals surface area contributed by atoms with Gasteiger partial charge in [-0.2, -0.15) is 0 Å². The zero-order valence-corrected chi connectivity index (χ0v) is 17.8. The van der Waals surface area contributed by atoms with Gasteiger partial charge in [-0.3, -0.25) is 19.8 Å². The fraction of sp³-hybridized carbons (Fsp3) is 0.391. The first-order chi connectivity index (χ1) is 15.4. The number of halogens is 1. The van der Waals surface area contributed by atoms with Crippen molar-refractivity contribution >= 4 is 29.0 Å². The zero-order chi connectivity index (χ0) is 22.9. The number of hydrogen-bond acceptors (Lipinski definition) is 4. The number of nitro benzene ring substituents is 1. The van der Waals surface area contributed by atoms with Crippen LogP contribution in [0.5, 0.6) is 0 Å². The lowest BCUT2D eigenvalue weighted by Gasteiger charge is -2.23. The summed E-state index contributed by atoms with van der Waals surface area (Å²) in [5.74, 6) is 0.153. The van der Waals surface area contributed by atoms with Gasteiger partial charge in [-0.1, -0.05) is 25.7 Å². The summed E-state index contributed by atoms with van der Waals surface area (Å²) in [4.78, 5) is 36.7. The van der Waals surface area contributed by atoms with Gasteiger partial charge in [0.25, 0.3) is 5.69 Å². The lowest BCUT2D eigenvalue weighted by Crippen LogP contribution is -2.41. The van der Waals surface area contributed by atoms with Crippen LogP contribution in [0.15, 0.2) is 48.5 Å². The first-order valence-corrected chi connectivity index (χ1v) is 10.8. The number of rotatable bonds is 9. The molecule has 2 aromatic carbocycles. The fourth-order valence-corrected chi connectivity index (χ4v) is 3.86. The molecule has 2 N–H and O–H groups in total. The van der Waals surface area contributed by atoms with Gasteiger partial charge in [0, 0.05) is 43.0 Å². The minimum atomic E-state index is -0.522. The molecular weight excluding hydrogens is 415 g/mol. The highest BCUT2D eigenvalue weighted by atomic mass is 19.1. The Morgan fingerprint density at radius 3 is 2.34 bits per heavy atom. The normalized spacial score (nSPS) is 13.5. The lowest BCUT2D eigenvalue weighted by molar-refractivity contribution is -0.384. The molecule has 3 amide bonds. The maximum absolute atomic E-state index is 13.3. The molecule has 0 radical (unpaired) electrons. The maximum Gasteiger partial charge on any atom is 0.326 e. The van der Waals surface area contributed by atoms with E-state index in [1.54, 1.807) is 0 Å². The number of carbonyl (C=O) groups is 2. The Kier molecular flexibility index (Phi) is 8.13. The number of non-ortho nitro benzene ring substituents is 1. The minimum absolute atomic E-state index is 0.0493. The van der Waals surface area contributed by atoms with Gasteiger partial charge in [0.15, 0.2) is 0 Å². The number of anilines is 2. The van der Waals surface area contributed by atoms with E-state index in [0.29, 0.717) is 23.7 Å². The Morgan fingerprint density at radius 1 is 1.06 bits per heavy atom. The predicted molar refractivity (Wildman–Crippen MR) is 120 cm³/mol. The molecular formula is C23H27FN4O4. The van der Waals surface area contributed by atoms with Gasteiger partial charge in [0.2, 0.25) is 5.91 Å². The van der Waals surface area contributed by atoms with Gasteiger partial charge in [-0.05, 0) is 48.7 Å². The molecule has 0 spiro atoms. The summed E-state index contributed by atoms with van der Waals surface area (Å²) in [6.45, 7) is 0.425. The van der Waals surface area contributed by atoms with Crippen LogP contribution in [0.4, 0.5) is 26.2 Å². The van der Waals surface area contributed by atoms with Crippen molar-refractivity contribution in [3.8, 4) is 0 Å². The molecule has 1 aliphatic rings. The van der Waals surface area contributed by atoms with E-state index in [4.69, 9.17) is 0 Å². The van der Waals surface area contributed by atoms with Gasteiger partial charge in [0.05, 0.1) is 4.92 Å². The summed E-state index contributed by atoms with van der Waals surface area (Å²) in [6, 6.07) is 10.4. The van der Waals surface area contributed by atoms with E-state index in [2.05, 4.69) is 10.6 Å². The van der Waals surface area contributed by atoms with E-state index >= 15 is 0 Å². The van der Waals surface area contributed by atoms with E-state index in [0.717, 1.165) is 6.42 Å². The minimum Gasteiger partial charge on any atom is -0.354 e. The molecule has 0 bridgehead atoms. The summed E-state index contributed by atoms with van der Waals surface area (Å²) >= 11 is 0. The predicted octanol–water partition coefficient (Wildman–Crippen LogP) is 4.86. The molecule has 0 unspecified atom stereocenters. The average Bonchev–Trinajstić information content (AvgIpc) is 3.30. The van der Waals surface area contributed by atoms with Crippen LogP contribution in [0.1, 0.15) is 38.5 Å². The van der Waals surface area contributed by atoms with Crippen molar-refractivity contribution in [1.82, 2.24) is 5.32 Å². The number of carbonyl (C=O) groups excluding carboxylic acids is 2. The Bertz CT molecular complexity index is 928. The van der Waals surface area contributed by atoms with Crippen molar-refractivity contribution in [2.24, 2.45) is 5.92 Å². The maximum atomic E-state index is 13.3. The number of amides is 3. The number of hydrogen-bond donors (Lipinski definition) is 2. The Morgan fingerprint density at radius 2 is 1.72 bits per heavy atom. The standard InChI is InChI=1S/C23H27FN4O4/c24-18-6-10-20(11-7-18)27(16-15-25-22(29)14-5-17-3-1-2-4-17)23(30)26-19-8-12-21(13-9-19)28(31)32/h6-13,17H,1-5,14-16H2,(H,25,29)(H,26,30). The van der Waals surface area contributed by atoms with Crippen LogP contribution in [0, 0.1) is 21.8 Å². The van der Waals surface area contributed by atoms with Crippen LogP contribution in [-0.4, -0.2) is 30.0 Å². The summed E-state index contributed by atoms with van der Waals surface area (Å²) in [5.41, 5.74) is 0.762. The number of nitro groups is 1. The molecule has 0 aromatic heterocycles. The molecule has 0 atom stereocenters. The van der Waals surface area contributed by atoms with E-state index in [1.807, 2.05) is 0 Å². The first kappa shape index (κ1) is 23.2. The van der Waals surface area contributed by atoms with Crippen LogP contribution in [0.2, 0.25) is 0 Å². The molecule has 2 aromatic rings. The van der Waals surface area contributed by atoms with Crippen LogP contribution >= 0.6 is 0 Å². The van der Waals surface area contributed by atoms with Crippen molar-refractivity contribution in [3.63, 3.8) is 0 Å². The fourth-order valence-electron chi connectivity index (χ4n) is 3.86. The molecule has 1 saturated carbocycles. The van der Waals surface area contributed by atoms with Crippen LogP contribution in [0.3, 0.4) is 0 Å². The summed E-state index contributed by atoms with van der Waals surface area (Å²) in [7, 11) is 0. The molecule has 0 aliphatic heterocycles. The molecule has 9 heteroatoms. The van der Waals surface area contributed by atoms with E-state index in [1.165, 1.54) is 79.1 Å². The lowest BCUT2D eigenvalue weighted by atomic mass is 10.0. The van der Waals surface area contributed by atoms with E-state index in [-0.39, 0.29) is 24.7 Å². The smallest absolute Gasteiger partial charge is 0.326 e. The van der Waals surface area contributed by atoms with E-state index in [9.17, 15) is 24.1 Å². The highest BCUT2D eigenvalue weighted by molar-refractivity contribution is 6.01. The quantitative estimate of drug-likeness (QED) is 0.427. The third kappa shape index (κ3) is 6.76. The summed E-state index contributed by atoms with van der Waals surface area (Å²) in [6.07, 6.45) is 6.21. The molecule has 1 fully saturated rings. The highest BCUT2D eigenvalue weighted by Gasteiger charge is 2.18. The molecule has 1 aliphatic carbocycles. The Hall–Kier alpha value is -3.49. The zero-order valence-electron chi connectivity index (χ0n) is 17.8. The largest absolute Gasteiger partial charge is 0.354 e. The van der Waals surface area contributed by atoms with E-state index < -0.39 is 16.8 Å². The number of urea groups is 1. The Labute approximate surface area is 185 Å². The van der Waals surface area contributed by atoms with Gasteiger partial charge in [0.1, 0.15) is 5.82 Å². The molecule has 170 valence electrons. The summed E-state index contributed by atoms with van der Waals surface area (Å²) in [5, 5.41) is 16.3. The highest BCUT2D eigenvalue weighted by Crippen LogP contribution is 2.28. The van der Waals surface area contributed by atoms with Crippen molar-refractivity contribution in [1.29, 1.82) is 0 Å². The second-order valence-electron chi connectivity index (χ2n) is 7.90. The molecule has 8 nitrogen and oxygen atoms in total. The monoisotopic (exact) mass is 442 g/mol. The number of benzene rings is 2. The third-order valence-corrected chi connectivity index (χ3v) is 5.62. The number of nitrogens with zero attached hydrogens (tertiary/aromatic N) is 2. The molecule has 0 saturated heterocycles. The summed E-state index contributed by atoms with van der Waals surface area (Å²) < 4.78 is 13.3. The van der Waals surface area contributed by atoms with Crippen molar-refractivity contribution < 1.29 is 18.9 Å². The molecule has 3 rings (SSSR count). The molecule has 32 heavy (non-hydrogen) atoms. The van der Waals surface area contributed by atoms with Crippen LogP contribution < -0.4 is 15.5 Å². The van der Waals surface area contributed by atoms with Crippen molar-refractivity contribution in [3.05, 3.63) is 64.5 Å². The van der Waals surface area contributed by atoms with Gasteiger partial charge < -0.3 is 10.6 Å². The Balaban J connectivity index is 1.58. The SMILES string of the molecule is O=C(CCC1CCCC1)NCCN(C(=O)Nc1ccc([N+](=O)[O-])cc1)c1ccc(F)cc1. The third-order valence-electron chi connectivity index (χ3n) is 5.62. The van der Waals surface area contributed by atoms with Crippen LogP contribution in [-0.2, 0) is 4.79 Å². The van der Waals surface area contributed by atoms with Crippen molar-refractivity contribution in [2.75, 3.05) is 23.3 Å². The average molecular weight is 442 g/mol. The topological polar surface area (TPSA) is 105 Å². The van der Waals surface area contributed by atoms with Gasteiger partial charge >= 0.3 is 6.03 Å². The van der Waals surface area contributed by atoms with Crippen LogP contribution in [0.25, 0.3) is 0 Å². The first-order valence-electron chi connectivity index (χ1n) is 10.8. The van der Waals surface area contributed by atoms with Crippen molar-refractivity contribution in [2.45, 2.75) is 38.5 Å². The molecule has 0 heterocycles. The van der Waals surface area contributed by atoms with Gasteiger partial charge in [-0.25, -0.2) is 9.18 Å². The second-order valence-corrected chi connectivity index (χ2v) is 7.90.